The molecule has 1 aliphatic heterocycles. The van der Waals surface area contributed by atoms with Gasteiger partial charge in [0.25, 0.3) is 0 Å². The van der Waals surface area contributed by atoms with Crippen LogP contribution in [0.15, 0.2) is 24.3 Å². The summed E-state index contributed by atoms with van der Waals surface area (Å²) in [5, 5.41) is 7.97. The number of anilines is 1. The highest BCUT2D eigenvalue weighted by molar-refractivity contribution is 6.30. The van der Waals surface area contributed by atoms with Crippen LogP contribution in [0, 0.1) is 0 Å². The number of aromatic nitrogens is 3. The zero-order valence-electron chi connectivity index (χ0n) is 10.5. The maximum atomic E-state index is 5.97. The minimum Gasteiger partial charge on any atom is -0.338 e. The quantitative estimate of drug-likeness (QED) is 0.894. The number of aromatic amines is 1. The van der Waals surface area contributed by atoms with Gasteiger partial charge in [-0.2, -0.15) is 4.98 Å². The topological polar surface area (TPSA) is 70.8 Å². The van der Waals surface area contributed by atoms with Gasteiger partial charge in [-0.15, -0.1) is 5.10 Å². The van der Waals surface area contributed by atoms with Gasteiger partial charge in [-0.1, -0.05) is 23.7 Å². The van der Waals surface area contributed by atoms with Gasteiger partial charge in [-0.05, 0) is 24.1 Å². The molecule has 0 amide bonds. The number of nitrogens with zero attached hydrogens (tertiary/aromatic N) is 3. The molecule has 3 N–H and O–H groups in total. The van der Waals surface area contributed by atoms with E-state index in [4.69, 9.17) is 17.3 Å². The van der Waals surface area contributed by atoms with Crippen molar-refractivity contribution in [3.05, 3.63) is 40.7 Å². The van der Waals surface area contributed by atoms with Gasteiger partial charge in [-0.3, -0.25) is 5.10 Å². The van der Waals surface area contributed by atoms with Crippen LogP contribution < -0.4 is 10.6 Å². The van der Waals surface area contributed by atoms with E-state index < -0.39 is 0 Å². The Morgan fingerprint density at radius 3 is 3.11 bits per heavy atom. The first-order valence-electron chi connectivity index (χ1n) is 6.37. The second kappa shape index (κ2) is 5.19. The second-order valence-corrected chi connectivity index (χ2v) is 5.32. The minimum absolute atomic E-state index is 0.231. The van der Waals surface area contributed by atoms with Crippen molar-refractivity contribution in [1.29, 1.82) is 0 Å². The summed E-state index contributed by atoms with van der Waals surface area (Å²) < 4.78 is 0. The zero-order chi connectivity index (χ0) is 13.2. The van der Waals surface area contributed by atoms with E-state index in [1.54, 1.807) is 0 Å². The van der Waals surface area contributed by atoms with E-state index in [1.165, 1.54) is 0 Å². The van der Waals surface area contributed by atoms with Crippen molar-refractivity contribution in [3.63, 3.8) is 0 Å². The first-order chi connectivity index (χ1) is 9.20. The number of halogens is 1. The standard InChI is InChI=1S/C13H16ClN5/c14-10-3-1-2-9(6-10)7-12-16-13(18-17-12)19-5-4-11(15)8-19/h1-3,6,11H,4-5,7-8,15H2,(H,16,17,18). The number of rotatable bonds is 3. The first kappa shape index (κ1) is 12.4. The fraction of sp³-hybridized carbons (Fsp3) is 0.385. The van der Waals surface area contributed by atoms with Crippen LogP contribution in [-0.4, -0.2) is 34.3 Å². The van der Waals surface area contributed by atoms with E-state index in [9.17, 15) is 0 Å². The van der Waals surface area contributed by atoms with Crippen molar-refractivity contribution in [2.45, 2.75) is 18.9 Å². The summed E-state index contributed by atoms with van der Waals surface area (Å²) in [6.45, 7) is 1.75. The number of hydrogen-bond acceptors (Lipinski definition) is 4. The lowest BCUT2D eigenvalue weighted by Crippen LogP contribution is -2.27. The molecule has 0 spiro atoms. The zero-order valence-corrected chi connectivity index (χ0v) is 11.3. The van der Waals surface area contributed by atoms with Crippen molar-refractivity contribution in [2.75, 3.05) is 18.0 Å². The molecule has 3 rings (SSSR count). The largest absolute Gasteiger partial charge is 0.338 e. The molecule has 2 aromatic rings. The van der Waals surface area contributed by atoms with E-state index in [1.807, 2.05) is 24.3 Å². The Morgan fingerprint density at radius 1 is 1.47 bits per heavy atom. The number of hydrogen-bond donors (Lipinski definition) is 2. The van der Waals surface area contributed by atoms with Gasteiger partial charge in [0.1, 0.15) is 5.82 Å². The van der Waals surface area contributed by atoms with Crippen LogP contribution in [-0.2, 0) is 6.42 Å². The highest BCUT2D eigenvalue weighted by atomic mass is 35.5. The number of nitrogens with one attached hydrogen (secondary N) is 1. The lowest BCUT2D eigenvalue weighted by molar-refractivity contribution is 0.750. The molecule has 1 aromatic heterocycles. The fourth-order valence-electron chi connectivity index (χ4n) is 2.31. The first-order valence-corrected chi connectivity index (χ1v) is 6.75. The monoisotopic (exact) mass is 277 g/mol. The fourth-order valence-corrected chi connectivity index (χ4v) is 2.53. The molecule has 0 aliphatic carbocycles. The summed E-state index contributed by atoms with van der Waals surface area (Å²) >= 11 is 5.97. The molecule has 1 unspecified atom stereocenters. The average Bonchev–Trinajstić information content (AvgIpc) is 2.98. The van der Waals surface area contributed by atoms with E-state index in [2.05, 4.69) is 20.1 Å². The van der Waals surface area contributed by atoms with Gasteiger partial charge in [0, 0.05) is 30.6 Å². The summed E-state index contributed by atoms with van der Waals surface area (Å²) in [7, 11) is 0. The van der Waals surface area contributed by atoms with Gasteiger partial charge >= 0.3 is 0 Å². The van der Waals surface area contributed by atoms with Crippen LogP contribution in [0.2, 0.25) is 5.02 Å². The Morgan fingerprint density at radius 2 is 2.37 bits per heavy atom. The third kappa shape index (κ3) is 2.88. The molecule has 1 fully saturated rings. The molecular formula is C13H16ClN5. The highest BCUT2D eigenvalue weighted by Crippen LogP contribution is 2.17. The molecule has 19 heavy (non-hydrogen) atoms. The smallest absolute Gasteiger partial charge is 0.244 e. The van der Waals surface area contributed by atoms with E-state index in [0.29, 0.717) is 6.42 Å². The molecule has 1 atom stereocenters. The normalized spacial score (nSPS) is 19.1. The Hall–Kier alpha value is -1.59. The predicted molar refractivity (Wildman–Crippen MR) is 75.4 cm³/mol. The summed E-state index contributed by atoms with van der Waals surface area (Å²) in [6, 6.07) is 8.00. The summed E-state index contributed by atoms with van der Waals surface area (Å²) in [6.07, 6.45) is 1.70. The van der Waals surface area contributed by atoms with Gasteiger partial charge in [0.2, 0.25) is 5.95 Å². The van der Waals surface area contributed by atoms with Crippen molar-refractivity contribution >= 4 is 17.5 Å². The number of benzene rings is 1. The second-order valence-electron chi connectivity index (χ2n) is 4.88. The molecule has 1 saturated heterocycles. The molecule has 0 bridgehead atoms. The van der Waals surface area contributed by atoms with E-state index in [-0.39, 0.29) is 6.04 Å². The molecule has 5 nitrogen and oxygen atoms in total. The molecule has 100 valence electrons. The lowest BCUT2D eigenvalue weighted by Gasteiger charge is -2.11. The highest BCUT2D eigenvalue weighted by Gasteiger charge is 2.22. The van der Waals surface area contributed by atoms with Crippen LogP contribution in [0.1, 0.15) is 17.8 Å². The van der Waals surface area contributed by atoms with Crippen LogP contribution in [0.4, 0.5) is 5.95 Å². The van der Waals surface area contributed by atoms with Crippen molar-refractivity contribution in [2.24, 2.45) is 5.73 Å². The van der Waals surface area contributed by atoms with Crippen molar-refractivity contribution in [1.82, 2.24) is 15.2 Å². The predicted octanol–water partition coefficient (Wildman–Crippen LogP) is 1.59. The third-order valence-corrected chi connectivity index (χ3v) is 3.52. The Kier molecular flexibility index (Phi) is 3.40. The minimum atomic E-state index is 0.231. The average molecular weight is 278 g/mol. The molecule has 1 aliphatic rings. The van der Waals surface area contributed by atoms with Gasteiger partial charge in [-0.25, -0.2) is 0 Å². The van der Waals surface area contributed by atoms with Gasteiger partial charge in [0.05, 0.1) is 0 Å². The van der Waals surface area contributed by atoms with Gasteiger partial charge in [0.15, 0.2) is 0 Å². The van der Waals surface area contributed by atoms with Crippen LogP contribution in [0.5, 0.6) is 0 Å². The molecule has 0 saturated carbocycles. The Balaban J connectivity index is 1.71. The van der Waals surface area contributed by atoms with Crippen LogP contribution in [0.25, 0.3) is 0 Å². The van der Waals surface area contributed by atoms with Crippen LogP contribution >= 0.6 is 11.6 Å². The van der Waals surface area contributed by atoms with E-state index >= 15 is 0 Å². The SMILES string of the molecule is NC1CCN(c2n[nH]c(Cc3cccc(Cl)c3)n2)C1. The molecular weight excluding hydrogens is 262 g/mol. The molecule has 1 aromatic carbocycles. The maximum Gasteiger partial charge on any atom is 0.244 e. The summed E-state index contributed by atoms with van der Waals surface area (Å²) in [5.74, 6) is 1.59. The molecule has 2 heterocycles. The van der Waals surface area contributed by atoms with Crippen LogP contribution in [0.3, 0.4) is 0 Å². The Labute approximate surface area is 116 Å². The number of H-pyrrole nitrogens is 1. The number of nitrogens with two attached hydrogens (primary N) is 1. The van der Waals surface area contributed by atoms with E-state index in [0.717, 1.165) is 41.9 Å². The van der Waals surface area contributed by atoms with Gasteiger partial charge < -0.3 is 10.6 Å². The molecule has 0 radical (unpaired) electrons. The van der Waals surface area contributed by atoms with Crippen molar-refractivity contribution < 1.29 is 0 Å². The Bertz CT molecular complexity index is 568. The molecule has 6 heteroatoms. The summed E-state index contributed by atoms with van der Waals surface area (Å²) in [4.78, 5) is 6.63. The third-order valence-electron chi connectivity index (χ3n) is 3.29. The lowest BCUT2D eigenvalue weighted by atomic mass is 10.1. The summed E-state index contributed by atoms with van der Waals surface area (Å²) in [5.41, 5.74) is 7.01. The maximum absolute atomic E-state index is 5.97. The van der Waals surface area contributed by atoms with Crippen molar-refractivity contribution in [3.8, 4) is 0 Å².